The Balaban J connectivity index is 3.31. The van der Waals surface area contributed by atoms with E-state index >= 15 is 0 Å². The van der Waals surface area contributed by atoms with Crippen molar-refractivity contribution in [1.29, 1.82) is 0 Å². The van der Waals surface area contributed by atoms with Gasteiger partial charge in [0.15, 0.2) is 11.4 Å². The zero-order chi connectivity index (χ0) is 9.30. The third kappa shape index (κ3) is 1.37. The summed E-state index contributed by atoms with van der Waals surface area (Å²) in [5.74, 6) is -1.01. The van der Waals surface area contributed by atoms with Crippen molar-refractivity contribution >= 4 is 5.97 Å². The summed E-state index contributed by atoms with van der Waals surface area (Å²) < 4.78 is 0.701. The van der Waals surface area contributed by atoms with E-state index in [1.807, 2.05) is 0 Å². The Morgan fingerprint density at radius 2 is 1.83 bits per heavy atom. The van der Waals surface area contributed by atoms with E-state index in [9.17, 15) is 10.0 Å². The zero-order valence-electron chi connectivity index (χ0n) is 6.87. The first kappa shape index (κ1) is 8.52. The highest BCUT2D eigenvalue weighted by atomic mass is 16.5. The van der Waals surface area contributed by atoms with Gasteiger partial charge >= 0.3 is 5.97 Å². The summed E-state index contributed by atoms with van der Waals surface area (Å²) in [5.41, 5.74) is 0.942. The molecule has 1 aromatic heterocycles. The molecular weight excluding hydrogens is 158 g/mol. The third-order valence-electron chi connectivity index (χ3n) is 1.62. The van der Waals surface area contributed by atoms with E-state index in [-0.39, 0.29) is 5.56 Å². The van der Waals surface area contributed by atoms with Crippen LogP contribution in [0.4, 0.5) is 0 Å². The van der Waals surface area contributed by atoms with E-state index in [2.05, 4.69) is 0 Å². The molecule has 0 saturated heterocycles. The Morgan fingerprint density at radius 3 is 2.17 bits per heavy atom. The highest BCUT2D eigenvalue weighted by molar-refractivity contribution is 5.87. The van der Waals surface area contributed by atoms with Gasteiger partial charge in [0.2, 0.25) is 0 Å². The van der Waals surface area contributed by atoms with Gasteiger partial charge in [-0.15, -0.1) is 0 Å². The molecule has 64 valence electrons. The number of aromatic nitrogens is 1. The van der Waals surface area contributed by atoms with Crippen molar-refractivity contribution in [2.24, 2.45) is 0 Å². The Labute approximate surface area is 69.7 Å². The number of hydrogen-bond acceptors (Lipinski definition) is 2. The first-order valence-corrected chi connectivity index (χ1v) is 3.46. The number of nitrogens with zero attached hydrogens (tertiary/aromatic N) is 1. The number of aromatic carboxylic acids is 1. The first-order valence-electron chi connectivity index (χ1n) is 3.46. The van der Waals surface area contributed by atoms with E-state index in [1.165, 1.54) is 12.1 Å². The lowest BCUT2D eigenvalue weighted by atomic mass is 10.2. The van der Waals surface area contributed by atoms with Crippen LogP contribution in [0.5, 0.6) is 0 Å². The van der Waals surface area contributed by atoms with Gasteiger partial charge in [-0.05, 0) is 0 Å². The fourth-order valence-electron chi connectivity index (χ4n) is 1.01. The average Bonchev–Trinajstić information content (AvgIpc) is 1.99. The standard InChI is InChI=1S/C8H9NO3/c1-5-3-7(8(10)11)4-6(2)9(5)12/h3-4H,1-2H3,(H,10,11). The number of aryl methyl sites for hydroxylation is 2. The molecule has 1 heterocycles. The average molecular weight is 167 g/mol. The van der Waals surface area contributed by atoms with E-state index in [4.69, 9.17) is 5.11 Å². The Hall–Kier alpha value is -1.58. The summed E-state index contributed by atoms with van der Waals surface area (Å²) in [6, 6.07) is 2.70. The quantitative estimate of drug-likeness (QED) is 0.493. The lowest BCUT2D eigenvalue weighted by molar-refractivity contribution is -0.619. The minimum absolute atomic E-state index is 0.150. The predicted molar refractivity (Wildman–Crippen MR) is 41.8 cm³/mol. The molecule has 1 rings (SSSR count). The van der Waals surface area contributed by atoms with Crippen LogP contribution in [0, 0.1) is 19.1 Å². The molecule has 0 aliphatic rings. The molecule has 0 spiro atoms. The predicted octanol–water partition coefficient (Wildman–Crippen LogP) is 0.635. The minimum atomic E-state index is -1.01. The molecule has 0 radical (unpaired) electrons. The second-order valence-electron chi connectivity index (χ2n) is 2.63. The van der Waals surface area contributed by atoms with Crippen molar-refractivity contribution < 1.29 is 14.6 Å². The van der Waals surface area contributed by atoms with Gasteiger partial charge in [0, 0.05) is 26.0 Å². The third-order valence-corrected chi connectivity index (χ3v) is 1.62. The van der Waals surface area contributed by atoms with Gasteiger partial charge in [-0.25, -0.2) is 4.79 Å². The van der Waals surface area contributed by atoms with E-state index in [0.29, 0.717) is 16.1 Å². The molecule has 0 amide bonds. The zero-order valence-corrected chi connectivity index (χ0v) is 6.87. The van der Waals surface area contributed by atoms with Crippen molar-refractivity contribution in [2.45, 2.75) is 13.8 Å². The highest BCUT2D eigenvalue weighted by Crippen LogP contribution is 2.02. The van der Waals surface area contributed by atoms with Crippen LogP contribution in [-0.2, 0) is 0 Å². The van der Waals surface area contributed by atoms with Crippen LogP contribution in [0.25, 0.3) is 0 Å². The number of carboxylic acids is 1. The summed E-state index contributed by atoms with van der Waals surface area (Å²) in [6.45, 7) is 3.15. The fraction of sp³-hybridized carbons (Fsp3) is 0.250. The van der Waals surface area contributed by atoms with E-state index in [0.717, 1.165) is 0 Å². The van der Waals surface area contributed by atoms with Gasteiger partial charge < -0.3 is 10.3 Å². The maximum absolute atomic E-state index is 11.1. The highest BCUT2D eigenvalue weighted by Gasteiger charge is 2.10. The maximum atomic E-state index is 11.1. The van der Waals surface area contributed by atoms with Gasteiger partial charge in [-0.2, -0.15) is 4.73 Å². The van der Waals surface area contributed by atoms with Crippen LogP contribution >= 0.6 is 0 Å². The van der Waals surface area contributed by atoms with Crippen LogP contribution in [0.2, 0.25) is 0 Å². The molecule has 0 unspecified atom stereocenters. The SMILES string of the molecule is Cc1cc(C(=O)O)cc(C)[n+]1[O-]. The molecule has 0 saturated carbocycles. The maximum Gasteiger partial charge on any atom is 0.336 e. The first-order chi connectivity index (χ1) is 5.52. The van der Waals surface area contributed by atoms with Crippen LogP contribution in [-0.4, -0.2) is 11.1 Å². The molecule has 0 fully saturated rings. The molecule has 0 aromatic carbocycles. The van der Waals surface area contributed by atoms with E-state index < -0.39 is 5.97 Å². The molecular formula is C8H9NO3. The molecule has 0 aliphatic carbocycles. The van der Waals surface area contributed by atoms with Gasteiger partial charge in [-0.3, -0.25) is 0 Å². The molecule has 0 atom stereocenters. The van der Waals surface area contributed by atoms with Crippen molar-refractivity contribution in [1.82, 2.24) is 0 Å². The van der Waals surface area contributed by atoms with Crippen molar-refractivity contribution in [2.75, 3.05) is 0 Å². The van der Waals surface area contributed by atoms with Crippen LogP contribution in [0.3, 0.4) is 0 Å². The summed E-state index contributed by atoms with van der Waals surface area (Å²) in [5, 5.41) is 19.7. The topological polar surface area (TPSA) is 64.2 Å². The summed E-state index contributed by atoms with van der Waals surface area (Å²) in [7, 11) is 0. The largest absolute Gasteiger partial charge is 0.618 e. The number of carboxylic acid groups (broad SMARTS) is 1. The Morgan fingerprint density at radius 1 is 1.42 bits per heavy atom. The smallest absolute Gasteiger partial charge is 0.336 e. The molecule has 1 N–H and O–H groups in total. The van der Waals surface area contributed by atoms with Crippen molar-refractivity contribution in [3.8, 4) is 0 Å². The molecule has 4 heteroatoms. The van der Waals surface area contributed by atoms with Crippen LogP contribution < -0.4 is 4.73 Å². The van der Waals surface area contributed by atoms with Crippen LogP contribution in [0.15, 0.2) is 12.1 Å². The summed E-state index contributed by atoms with van der Waals surface area (Å²) >= 11 is 0. The summed E-state index contributed by atoms with van der Waals surface area (Å²) in [6.07, 6.45) is 0. The normalized spacial score (nSPS) is 9.83. The monoisotopic (exact) mass is 167 g/mol. The number of hydrogen-bond donors (Lipinski definition) is 1. The van der Waals surface area contributed by atoms with Crippen molar-refractivity contribution in [3.63, 3.8) is 0 Å². The lowest BCUT2D eigenvalue weighted by Gasteiger charge is -2.04. The van der Waals surface area contributed by atoms with Crippen molar-refractivity contribution in [3.05, 3.63) is 34.3 Å². The molecule has 1 aromatic rings. The Kier molecular flexibility index (Phi) is 1.99. The molecule has 0 bridgehead atoms. The number of rotatable bonds is 1. The second kappa shape index (κ2) is 2.81. The summed E-state index contributed by atoms with van der Waals surface area (Å²) in [4.78, 5) is 10.5. The van der Waals surface area contributed by atoms with Crippen LogP contribution in [0.1, 0.15) is 21.7 Å². The van der Waals surface area contributed by atoms with Gasteiger partial charge in [0.05, 0.1) is 5.56 Å². The number of carbonyl (C=O) groups is 1. The van der Waals surface area contributed by atoms with Gasteiger partial charge in [0.1, 0.15) is 0 Å². The Bertz CT molecular complexity index is 310. The van der Waals surface area contributed by atoms with Gasteiger partial charge in [-0.1, -0.05) is 0 Å². The molecule has 12 heavy (non-hydrogen) atoms. The fourth-order valence-corrected chi connectivity index (χ4v) is 1.01. The molecule has 0 aliphatic heterocycles. The van der Waals surface area contributed by atoms with Gasteiger partial charge in [0.25, 0.3) is 0 Å². The van der Waals surface area contributed by atoms with E-state index in [1.54, 1.807) is 13.8 Å². The minimum Gasteiger partial charge on any atom is -0.618 e. The second-order valence-corrected chi connectivity index (χ2v) is 2.63. The number of pyridine rings is 1. The molecule has 4 nitrogen and oxygen atoms in total. The lowest BCUT2D eigenvalue weighted by Crippen LogP contribution is -2.34.